The Kier molecular flexibility index (Phi) is 7.41. The summed E-state index contributed by atoms with van der Waals surface area (Å²) in [5.74, 6) is 2.06. The highest BCUT2D eigenvalue weighted by Gasteiger charge is 2.22. The van der Waals surface area contributed by atoms with Crippen molar-refractivity contribution in [1.29, 1.82) is 0 Å². The van der Waals surface area contributed by atoms with Crippen LogP contribution in [0.25, 0.3) is 111 Å². The Labute approximate surface area is 339 Å². The standard InChI is InChI=1S/C53H35N5O/c1-2-48-54-52(33-15-6-3-7-16-33)56-53(55-48)41-22-14-24-47-49(41)43-32-35(26-30-46(43)59-47)34-25-29-45-42(31-34)40-28-27-39-38-21-12-13-23-44(38)57(36-17-8-4-9-18-36)50(39)51(40)58(45)37-19-10-5-11-20-37/h3-32H,2H2,1H3. The van der Waals surface area contributed by atoms with Crippen molar-refractivity contribution in [2.45, 2.75) is 13.3 Å². The van der Waals surface area contributed by atoms with Crippen molar-refractivity contribution in [1.82, 2.24) is 24.1 Å². The molecule has 0 amide bonds. The highest BCUT2D eigenvalue weighted by atomic mass is 16.3. The third-order valence-electron chi connectivity index (χ3n) is 11.7. The summed E-state index contributed by atoms with van der Waals surface area (Å²) in [7, 11) is 0. The van der Waals surface area contributed by atoms with Gasteiger partial charge in [-0.25, -0.2) is 15.0 Å². The molecule has 0 fully saturated rings. The first-order valence-corrected chi connectivity index (χ1v) is 20.1. The van der Waals surface area contributed by atoms with Gasteiger partial charge in [-0.3, -0.25) is 0 Å². The summed E-state index contributed by atoms with van der Waals surface area (Å²) in [4.78, 5) is 14.8. The van der Waals surface area contributed by atoms with E-state index < -0.39 is 0 Å². The molecule has 6 heteroatoms. The van der Waals surface area contributed by atoms with E-state index in [1.54, 1.807) is 0 Å². The van der Waals surface area contributed by atoms with E-state index in [0.717, 1.165) is 66.9 Å². The smallest absolute Gasteiger partial charge is 0.164 e. The summed E-state index contributed by atoms with van der Waals surface area (Å²) in [5.41, 5.74) is 12.7. The number of nitrogens with zero attached hydrogens (tertiary/aromatic N) is 5. The van der Waals surface area contributed by atoms with E-state index >= 15 is 0 Å². The number of para-hydroxylation sites is 3. The van der Waals surface area contributed by atoms with Gasteiger partial charge in [0.1, 0.15) is 17.0 Å². The molecule has 0 unspecified atom stereocenters. The average molecular weight is 758 g/mol. The highest BCUT2D eigenvalue weighted by molar-refractivity contribution is 6.24. The molecule has 0 saturated heterocycles. The molecule has 0 N–H and O–H groups in total. The van der Waals surface area contributed by atoms with E-state index in [2.05, 4.69) is 156 Å². The van der Waals surface area contributed by atoms with Crippen LogP contribution in [-0.4, -0.2) is 24.1 Å². The topological polar surface area (TPSA) is 61.7 Å². The van der Waals surface area contributed by atoms with E-state index in [9.17, 15) is 0 Å². The molecule has 278 valence electrons. The monoisotopic (exact) mass is 757 g/mol. The summed E-state index contributed by atoms with van der Waals surface area (Å²) in [6.07, 6.45) is 0.699. The predicted molar refractivity (Wildman–Crippen MR) is 241 cm³/mol. The number of aryl methyl sites for hydroxylation is 1. The maximum Gasteiger partial charge on any atom is 0.164 e. The number of hydrogen-bond acceptors (Lipinski definition) is 4. The predicted octanol–water partition coefficient (Wildman–Crippen LogP) is 13.5. The third kappa shape index (κ3) is 5.16. The molecule has 0 radical (unpaired) electrons. The number of benzene rings is 8. The molecule has 4 heterocycles. The molecular formula is C53H35N5O. The zero-order valence-corrected chi connectivity index (χ0v) is 32.2. The van der Waals surface area contributed by atoms with E-state index in [1.807, 2.05) is 42.5 Å². The summed E-state index contributed by atoms with van der Waals surface area (Å²) in [6, 6.07) is 64.5. The van der Waals surface area contributed by atoms with E-state index in [1.165, 1.54) is 38.1 Å². The molecule has 0 atom stereocenters. The molecule has 6 nitrogen and oxygen atoms in total. The lowest BCUT2D eigenvalue weighted by Gasteiger charge is -2.12. The van der Waals surface area contributed by atoms with Crippen molar-refractivity contribution in [3.05, 3.63) is 188 Å². The molecule has 0 aliphatic rings. The number of hydrogen-bond donors (Lipinski definition) is 0. The van der Waals surface area contributed by atoms with Crippen LogP contribution in [0.15, 0.2) is 186 Å². The van der Waals surface area contributed by atoms with Crippen LogP contribution in [0, 0.1) is 0 Å². The first-order chi connectivity index (χ1) is 29.2. The van der Waals surface area contributed by atoms with Crippen LogP contribution in [-0.2, 0) is 6.42 Å². The second-order valence-corrected chi connectivity index (χ2v) is 15.1. The summed E-state index contributed by atoms with van der Waals surface area (Å²) in [5, 5.41) is 6.87. The molecule has 12 rings (SSSR count). The van der Waals surface area contributed by atoms with Crippen molar-refractivity contribution in [3.8, 4) is 45.3 Å². The minimum Gasteiger partial charge on any atom is -0.456 e. The van der Waals surface area contributed by atoms with Gasteiger partial charge in [0, 0.05) is 61.2 Å². The van der Waals surface area contributed by atoms with Gasteiger partial charge in [-0.05, 0) is 71.8 Å². The summed E-state index contributed by atoms with van der Waals surface area (Å²) < 4.78 is 11.4. The average Bonchev–Trinajstić information content (AvgIpc) is 3.97. The Hall–Kier alpha value is -7.83. The molecule has 0 aliphatic heterocycles. The molecule has 0 saturated carbocycles. The fourth-order valence-corrected chi connectivity index (χ4v) is 9.03. The van der Waals surface area contributed by atoms with Gasteiger partial charge in [0.2, 0.25) is 0 Å². The van der Waals surface area contributed by atoms with Crippen molar-refractivity contribution < 1.29 is 4.42 Å². The lowest BCUT2D eigenvalue weighted by molar-refractivity contribution is 0.669. The first-order valence-electron chi connectivity index (χ1n) is 20.1. The number of aromatic nitrogens is 5. The zero-order chi connectivity index (χ0) is 39.0. The van der Waals surface area contributed by atoms with Gasteiger partial charge < -0.3 is 13.6 Å². The van der Waals surface area contributed by atoms with Gasteiger partial charge in [0.15, 0.2) is 11.6 Å². The van der Waals surface area contributed by atoms with Crippen LogP contribution in [0.2, 0.25) is 0 Å². The van der Waals surface area contributed by atoms with Crippen LogP contribution in [0.1, 0.15) is 12.7 Å². The maximum absolute atomic E-state index is 6.49. The van der Waals surface area contributed by atoms with Crippen molar-refractivity contribution in [2.75, 3.05) is 0 Å². The zero-order valence-electron chi connectivity index (χ0n) is 32.2. The van der Waals surface area contributed by atoms with Gasteiger partial charge in [0.05, 0.1) is 22.1 Å². The molecule has 0 spiro atoms. The lowest BCUT2D eigenvalue weighted by atomic mass is 9.99. The second kappa shape index (κ2) is 13.1. The number of fused-ring (bicyclic) bond motifs is 10. The molecule has 12 aromatic rings. The summed E-state index contributed by atoms with van der Waals surface area (Å²) >= 11 is 0. The van der Waals surface area contributed by atoms with Crippen molar-refractivity contribution in [3.63, 3.8) is 0 Å². The van der Waals surface area contributed by atoms with Gasteiger partial charge in [-0.2, -0.15) is 0 Å². The molecule has 59 heavy (non-hydrogen) atoms. The SMILES string of the molecule is CCc1nc(-c2ccccc2)nc(-c2cccc3oc4ccc(-c5ccc6c(c5)c5ccc7c8ccccc8n(-c8ccccc8)c7c5n6-c5ccccc5)cc4c23)n1. The fraction of sp³-hybridized carbons (Fsp3) is 0.0377. The van der Waals surface area contributed by atoms with E-state index in [-0.39, 0.29) is 0 Å². The van der Waals surface area contributed by atoms with E-state index in [0.29, 0.717) is 18.1 Å². The van der Waals surface area contributed by atoms with Crippen molar-refractivity contribution in [2.24, 2.45) is 0 Å². The van der Waals surface area contributed by atoms with Crippen LogP contribution in [0.3, 0.4) is 0 Å². The molecular weight excluding hydrogens is 723 g/mol. The van der Waals surface area contributed by atoms with Crippen molar-refractivity contribution >= 4 is 65.6 Å². The Morgan fingerprint density at radius 3 is 1.73 bits per heavy atom. The number of furan rings is 1. The lowest BCUT2D eigenvalue weighted by Crippen LogP contribution is -2.02. The first kappa shape index (κ1) is 33.3. The number of rotatable bonds is 6. The molecule has 4 aromatic heterocycles. The molecule has 0 aliphatic carbocycles. The minimum absolute atomic E-state index is 0.642. The highest BCUT2D eigenvalue weighted by Crippen LogP contribution is 2.43. The van der Waals surface area contributed by atoms with Gasteiger partial charge >= 0.3 is 0 Å². The molecule has 8 aromatic carbocycles. The Morgan fingerprint density at radius 2 is 1.02 bits per heavy atom. The minimum atomic E-state index is 0.642. The third-order valence-corrected chi connectivity index (χ3v) is 11.7. The quantitative estimate of drug-likeness (QED) is 0.169. The largest absolute Gasteiger partial charge is 0.456 e. The normalized spacial score (nSPS) is 11.9. The van der Waals surface area contributed by atoms with Gasteiger partial charge in [-0.15, -0.1) is 0 Å². The van der Waals surface area contributed by atoms with Crippen LogP contribution in [0.5, 0.6) is 0 Å². The van der Waals surface area contributed by atoms with Crippen LogP contribution < -0.4 is 0 Å². The maximum atomic E-state index is 6.49. The molecule has 0 bridgehead atoms. The Bertz CT molecular complexity index is 3580. The van der Waals surface area contributed by atoms with Crippen LogP contribution in [0.4, 0.5) is 0 Å². The second-order valence-electron chi connectivity index (χ2n) is 15.1. The Balaban J connectivity index is 1.09. The van der Waals surface area contributed by atoms with Crippen LogP contribution >= 0.6 is 0 Å². The van der Waals surface area contributed by atoms with E-state index in [4.69, 9.17) is 19.4 Å². The van der Waals surface area contributed by atoms with Gasteiger partial charge in [-0.1, -0.05) is 128 Å². The Morgan fingerprint density at radius 1 is 0.424 bits per heavy atom. The summed E-state index contributed by atoms with van der Waals surface area (Å²) in [6.45, 7) is 2.08. The van der Waals surface area contributed by atoms with Gasteiger partial charge in [0.25, 0.3) is 0 Å². The fourth-order valence-electron chi connectivity index (χ4n) is 9.03.